The van der Waals surface area contributed by atoms with Crippen LogP contribution in [-0.4, -0.2) is 24.7 Å². The predicted molar refractivity (Wildman–Crippen MR) is 64.3 cm³/mol. The first-order valence-corrected chi connectivity index (χ1v) is 5.36. The first-order chi connectivity index (χ1) is 8.27. The highest BCUT2D eigenvalue weighted by Crippen LogP contribution is 2.26. The maximum atomic E-state index is 11.8. The Morgan fingerprint density at radius 1 is 1.29 bits per heavy atom. The molecule has 1 heterocycles. The molecule has 0 amide bonds. The Labute approximate surface area is 99.2 Å². The second kappa shape index (κ2) is 4.82. The van der Waals surface area contributed by atoms with Crippen molar-refractivity contribution in [2.45, 2.75) is 6.92 Å². The highest BCUT2D eigenvalue weighted by molar-refractivity contribution is 6.05. The largest absolute Gasteiger partial charge is 0.481 e. The maximum Gasteiger partial charge on any atom is 0.340 e. The van der Waals surface area contributed by atoms with Crippen molar-refractivity contribution >= 4 is 16.7 Å². The Morgan fingerprint density at radius 3 is 2.65 bits per heavy atom. The van der Waals surface area contributed by atoms with Crippen LogP contribution in [0.5, 0.6) is 5.88 Å². The fourth-order valence-corrected chi connectivity index (χ4v) is 1.70. The van der Waals surface area contributed by atoms with Crippen LogP contribution in [0.15, 0.2) is 30.5 Å². The highest BCUT2D eigenvalue weighted by Gasteiger charge is 2.14. The van der Waals surface area contributed by atoms with Crippen molar-refractivity contribution in [2.24, 2.45) is 0 Å². The molecule has 4 nitrogen and oxygen atoms in total. The van der Waals surface area contributed by atoms with Crippen molar-refractivity contribution in [2.75, 3.05) is 13.7 Å². The van der Waals surface area contributed by atoms with Crippen LogP contribution in [0.4, 0.5) is 0 Å². The SMILES string of the molecule is CCOC(=O)c1cnc(OC)c2ccccc12. The van der Waals surface area contributed by atoms with E-state index in [1.165, 1.54) is 6.20 Å². The van der Waals surface area contributed by atoms with Gasteiger partial charge in [0.25, 0.3) is 0 Å². The van der Waals surface area contributed by atoms with Gasteiger partial charge < -0.3 is 9.47 Å². The number of rotatable bonds is 3. The van der Waals surface area contributed by atoms with Gasteiger partial charge in [0.05, 0.1) is 19.3 Å². The number of ether oxygens (including phenoxy) is 2. The van der Waals surface area contributed by atoms with E-state index in [4.69, 9.17) is 9.47 Å². The molecule has 0 unspecified atom stereocenters. The number of aromatic nitrogens is 1. The lowest BCUT2D eigenvalue weighted by molar-refractivity contribution is 0.0528. The number of nitrogens with zero attached hydrogens (tertiary/aromatic N) is 1. The van der Waals surface area contributed by atoms with Crippen molar-refractivity contribution in [3.8, 4) is 5.88 Å². The number of carbonyl (C=O) groups is 1. The zero-order valence-electron chi connectivity index (χ0n) is 9.77. The smallest absolute Gasteiger partial charge is 0.340 e. The van der Waals surface area contributed by atoms with Gasteiger partial charge in [-0.15, -0.1) is 0 Å². The summed E-state index contributed by atoms with van der Waals surface area (Å²) in [5.41, 5.74) is 0.461. The highest BCUT2D eigenvalue weighted by atomic mass is 16.5. The van der Waals surface area contributed by atoms with E-state index >= 15 is 0 Å². The Balaban J connectivity index is 2.62. The molecule has 1 aromatic heterocycles. The van der Waals surface area contributed by atoms with Crippen molar-refractivity contribution in [1.82, 2.24) is 4.98 Å². The van der Waals surface area contributed by atoms with Crippen LogP contribution in [0, 0.1) is 0 Å². The predicted octanol–water partition coefficient (Wildman–Crippen LogP) is 2.42. The first-order valence-electron chi connectivity index (χ1n) is 5.36. The monoisotopic (exact) mass is 231 g/mol. The van der Waals surface area contributed by atoms with Crippen LogP contribution in [0.25, 0.3) is 10.8 Å². The number of hydrogen-bond donors (Lipinski definition) is 0. The lowest BCUT2D eigenvalue weighted by atomic mass is 10.1. The summed E-state index contributed by atoms with van der Waals surface area (Å²) in [5, 5.41) is 1.60. The second-order valence-electron chi connectivity index (χ2n) is 3.45. The third-order valence-corrected chi connectivity index (χ3v) is 2.45. The molecule has 0 saturated carbocycles. The Morgan fingerprint density at radius 2 is 2.00 bits per heavy atom. The van der Waals surface area contributed by atoms with Crippen molar-refractivity contribution in [3.63, 3.8) is 0 Å². The maximum absolute atomic E-state index is 11.8. The molecule has 4 heteroatoms. The number of esters is 1. The topological polar surface area (TPSA) is 48.4 Å². The summed E-state index contributed by atoms with van der Waals surface area (Å²) in [6, 6.07) is 7.46. The average Bonchev–Trinajstić information content (AvgIpc) is 2.37. The zero-order chi connectivity index (χ0) is 12.3. The summed E-state index contributed by atoms with van der Waals surface area (Å²) < 4.78 is 10.1. The van der Waals surface area contributed by atoms with Crippen LogP contribution in [0.2, 0.25) is 0 Å². The Kier molecular flexibility index (Phi) is 3.23. The van der Waals surface area contributed by atoms with Gasteiger partial charge in [0.15, 0.2) is 0 Å². The van der Waals surface area contributed by atoms with Crippen molar-refractivity contribution in [3.05, 3.63) is 36.0 Å². The summed E-state index contributed by atoms with van der Waals surface area (Å²) in [4.78, 5) is 15.9. The molecule has 0 spiro atoms. The zero-order valence-corrected chi connectivity index (χ0v) is 9.77. The van der Waals surface area contributed by atoms with E-state index in [-0.39, 0.29) is 5.97 Å². The quantitative estimate of drug-likeness (QED) is 0.761. The molecular weight excluding hydrogens is 218 g/mol. The van der Waals surface area contributed by atoms with Gasteiger partial charge in [0, 0.05) is 17.0 Å². The number of carbonyl (C=O) groups excluding carboxylic acids is 1. The molecule has 88 valence electrons. The number of hydrogen-bond acceptors (Lipinski definition) is 4. The minimum absolute atomic E-state index is 0.346. The van der Waals surface area contributed by atoms with Crippen LogP contribution in [0.1, 0.15) is 17.3 Å². The molecule has 0 aliphatic heterocycles. The first kappa shape index (κ1) is 11.4. The summed E-state index contributed by atoms with van der Waals surface area (Å²) in [5.74, 6) is 0.146. The lowest BCUT2D eigenvalue weighted by Gasteiger charge is -2.08. The average molecular weight is 231 g/mol. The lowest BCUT2D eigenvalue weighted by Crippen LogP contribution is -2.06. The molecular formula is C13H13NO3. The van der Waals surface area contributed by atoms with Gasteiger partial charge in [0.2, 0.25) is 5.88 Å². The molecule has 2 rings (SSSR count). The number of methoxy groups -OCH3 is 1. The number of benzene rings is 1. The van der Waals surface area contributed by atoms with E-state index in [2.05, 4.69) is 4.98 Å². The van der Waals surface area contributed by atoms with E-state index in [1.54, 1.807) is 14.0 Å². The van der Waals surface area contributed by atoms with Crippen LogP contribution in [-0.2, 0) is 4.74 Å². The molecule has 17 heavy (non-hydrogen) atoms. The van der Waals surface area contributed by atoms with Gasteiger partial charge >= 0.3 is 5.97 Å². The van der Waals surface area contributed by atoms with Crippen LogP contribution in [0.3, 0.4) is 0 Å². The third-order valence-electron chi connectivity index (χ3n) is 2.45. The summed E-state index contributed by atoms with van der Waals surface area (Å²) in [6.45, 7) is 2.12. The van der Waals surface area contributed by atoms with E-state index in [0.717, 1.165) is 10.8 Å². The summed E-state index contributed by atoms with van der Waals surface area (Å²) >= 11 is 0. The van der Waals surface area contributed by atoms with E-state index in [0.29, 0.717) is 18.1 Å². The number of pyridine rings is 1. The summed E-state index contributed by atoms with van der Waals surface area (Å²) in [7, 11) is 1.55. The van der Waals surface area contributed by atoms with Crippen molar-refractivity contribution < 1.29 is 14.3 Å². The molecule has 0 fully saturated rings. The fraction of sp³-hybridized carbons (Fsp3) is 0.231. The minimum atomic E-state index is -0.362. The molecule has 2 aromatic rings. The molecule has 0 atom stereocenters. The van der Waals surface area contributed by atoms with E-state index in [9.17, 15) is 4.79 Å². The van der Waals surface area contributed by atoms with Gasteiger partial charge in [-0.1, -0.05) is 18.2 Å². The van der Waals surface area contributed by atoms with Crippen LogP contribution >= 0.6 is 0 Å². The van der Waals surface area contributed by atoms with Gasteiger partial charge in [-0.05, 0) is 13.0 Å². The molecule has 0 saturated heterocycles. The molecule has 0 aliphatic rings. The molecule has 0 bridgehead atoms. The Bertz CT molecular complexity index is 551. The fourth-order valence-electron chi connectivity index (χ4n) is 1.70. The molecule has 0 N–H and O–H groups in total. The minimum Gasteiger partial charge on any atom is -0.481 e. The molecule has 1 aromatic carbocycles. The molecule has 0 aliphatic carbocycles. The third kappa shape index (κ3) is 2.06. The van der Waals surface area contributed by atoms with Crippen molar-refractivity contribution in [1.29, 1.82) is 0 Å². The van der Waals surface area contributed by atoms with E-state index in [1.807, 2.05) is 24.3 Å². The standard InChI is InChI=1S/C13H13NO3/c1-3-17-13(15)11-8-14-12(16-2)10-7-5-4-6-9(10)11/h4-8H,3H2,1-2H3. The summed E-state index contributed by atoms with van der Waals surface area (Å²) in [6.07, 6.45) is 1.49. The normalized spacial score (nSPS) is 10.2. The number of fused-ring (bicyclic) bond motifs is 1. The second-order valence-corrected chi connectivity index (χ2v) is 3.45. The van der Waals surface area contributed by atoms with Gasteiger partial charge in [-0.3, -0.25) is 0 Å². The van der Waals surface area contributed by atoms with Gasteiger partial charge in [-0.2, -0.15) is 0 Å². The van der Waals surface area contributed by atoms with Gasteiger partial charge in [0.1, 0.15) is 0 Å². The Hall–Kier alpha value is -2.10. The van der Waals surface area contributed by atoms with Crippen LogP contribution < -0.4 is 4.74 Å². The van der Waals surface area contributed by atoms with E-state index < -0.39 is 0 Å². The molecule has 0 radical (unpaired) electrons. The van der Waals surface area contributed by atoms with Gasteiger partial charge in [-0.25, -0.2) is 9.78 Å².